The summed E-state index contributed by atoms with van der Waals surface area (Å²) < 4.78 is 10.8. The third kappa shape index (κ3) is 4.92. The molecule has 1 amide bonds. The molecular weight excluding hydrogens is 552 g/mol. The number of aromatic hydroxyl groups is 1. The summed E-state index contributed by atoms with van der Waals surface area (Å²) in [5.74, 6) is -10.7. The molecule has 0 aromatic heterocycles. The van der Waals surface area contributed by atoms with Crippen LogP contribution in [0.15, 0.2) is 35.1 Å². The van der Waals surface area contributed by atoms with Crippen molar-refractivity contribution in [2.24, 2.45) is 17.6 Å². The lowest BCUT2D eigenvalue weighted by atomic mass is 9.56. The normalized spacial score (nSPS) is 26.9. The minimum absolute atomic E-state index is 0.145. The molecule has 0 bridgehead atoms. The first-order valence-electron chi connectivity index (χ1n) is 13.4. The summed E-state index contributed by atoms with van der Waals surface area (Å²) in [4.78, 5) is 66.2. The van der Waals surface area contributed by atoms with Gasteiger partial charge in [0.15, 0.2) is 11.4 Å². The van der Waals surface area contributed by atoms with Gasteiger partial charge in [-0.3, -0.25) is 28.9 Å². The number of nitrogens with two attached hydrogens (primary N) is 1. The molecule has 13 heteroatoms. The van der Waals surface area contributed by atoms with Crippen LogP contribution in [-0.2, 0) is 33.4 Å². The number of unbranched alkanes of at least 4 members (excludes halogenated alkanes) is 1. The summed E-state index contributed by atoms with van der Waals surface area (Å²) in [5.41, 5.74) is 0.891. The van der Waals surface area contributed by atoms with E-state index in [1.165, 1.54) is 43.6 Å². The Balaban J connectivity index is 1.85. The highest BCUT2D eigenvalue weighted by Crippen LogP contribution is 2.54. The fraction of sp³-hybridized carbons (Fsp3) is 0.448. The van der Waals surface area contributed by atoms with E-state index in [0.717, 1.165) is 6.42 Å². The van der Waals surface area contributed by atoms with E-state index in [-0.39, 0.29) is 24.2 Å². The number of fused-ring (bicyclic) bond motifs is 3. The standard InChI is InChI=1S/C29H33N2O11/c1-4-5-11-41-16(33)9-10-17(34)42-25-14-12-13-7-6-8-15(32)18(13)23(35)19(14)26(37)29(40)21(25)22(31(2)3)24(36)20(27(29)38)28(30)39/h6-8,12,14,21-22,25,32,35,38,40H,4-5,9-11H2,1-3H3,(H2,30,39)/t14-,21-,22+,25+,29+/m0/s1. The van der Waals surface area contributed by atoms with Crippen LogP contribution >= 0.6 is 0 Å². The molecule has 1 aromatic rings. The summed E-state index contributed by atoms with van der Waals surface area (Å²) in [7, 11) is 2.83. The van der Waals surface area contributed by atoms with Crippen molar-refractivity contribution in [1.29, 1.82) is 0 Å². The molecule has 3 aliphatic rings. The largest absolute Gasteiger partial charge is 0.508 e. The molecule has 1 aromatic carbocycles. The van der Waals surface area contributed by atoms with Crippen LogP contribution in [0.25, 0.3) is 5.76 Å². The van der Waals surface area contributed by atoms with Gasteiger partial charge < -0.3 is 35.6 Å². The highest BCUT2D eigenvalue weighted by molar-refractivity contribution is 6.24. The zero-order valence-corrected chi connectivity index (χ0v) is 23.3. The van der Waals surface area contributed by atoms with Gasteiger partial charge in [0.1, 0.15) is 28.9 Å². The summed E-state index contributed by atoms with van der Waals surface area (Å²) >= 11 is 0. The van der Waals surface area contributed by atoms with Gasteiger partial charge >= 0.3 is 11.9 Å². The van der Waals surface area contributed by atoms with E-state index in [4.69, 9.17) is 15.2 Å². The molecule has 3 aliphatic carbocycles. The maximum absolute atomic E-state index is 14.0. The third-order valence-electron chi connectivity index (χ3n) is 7.86. The van der Waals surface area contributed by atoms with Crippen molar-refractivity contribution < 1.29 is 53.9 Å². The van der Waals surface area contributed by atoms with Crippen molar-refractivity contribution in [2.45, 2.75) is 50.4 Å². The first-order valence-corrected chi connectivity index (χ1v) is 13.4. The van der Waals surface area contributed by atoms with Gasteiger partial charge in [-0.1, -0.05) is 25.5 Å². The molecular formula is C29H33N2O11. The number of primary amides is 1. The zero-order chi connectivity index (χ0) is 31.1. The zero-order valence-electron chi connectivity index (χ0n) is 23.3. The van der Waals surface area contributed by atoms with E-state index in [0.29, 0.717) is 6.42 Å². The molecule has 0 aliphatic heterocycles. The number of aliphatic hydroxyl groups is 3. The molecule has 225 valence electrons. The van der Waals surface area contributed by atoms with Gasteiger partial charge in [0.2, 0.25) is 5.78 Å². The number of phenolic OH excluding ortho intramolecular Hbond substituents is 1. The second kappa shape index (κ2) is 11.6. The molecule has 6 N–H and O–H groups in total. The molecule has 0 heterocycles. The van der Waals surface area contributed by atoms with Crippen LogP contribution in [0.1, 0.15) is 43.7 Å². The Kier molecular flexibility index (Phi) is 8.46. The second-order valence-electron chi connectivity index (χ2n) is 10.7. The van der Waals surface area contributed by atoms with Gasteiger partial charge in [-0.25, -0.2) is 0 Å². The Hall–Kier alpha value is -4.23. The smallest absolute Gasteiger partial charge is 0.306 e. The van der Waals surface area contributed by atoms with Crippen LogP contribution < -0.4 is 5.73 Å². The van der Waals surface area contributed by atoms with Crippen LogP contribution in [0.5, 0.6) is 5.75 Å². The first kappa shape index (κ1) is 30.7. The summed E-state index contributed by atoms with van der Waals surface area (Å²) in [5, 5.41) is 44.7. The van der Waals surface area contributed by atoms with Crippen molar-refractivity contribution in [3.05, 3.63) is 52.7 Å². The molecule has 0 spiro atoms. The number of ether oxygens (including phenoxy) is 2. The monoisotopic (exact) mass is 585 g/mol. The van der Waals surface area contributed by atoms with Crippen LogP contribution in [0, 0.1) is 18.3 Å². The number of benzene rings is 1. The SMILES string of the molecule is CCCCOC(=O)CCC(=O)O[C@H]1[C@@H]2[C@@H](N(C)C)C(=O)C(C(N)=O)=C(O)[C@]2(O)C(=O)C2=C(O)c3c(O)cccc3[CH][C@@H]21. The minimum atomic E-state index is -3.05. The molecule has 5 atom stereocenters. The molecule has 42 heavy (non-hydrogen) atoms. The van der Waals surface area contributed by atoms with Gasteiger partial charge in [0, 0.05) is 17.9 Å². The minimum Gasteiger partial charge on any atom is -0.508 e. The maximum Gasteiger partial charge on any atom is 0.306 e. The number of hydrogen-bond donors (Lipinski definition) is 5. The fourth-order valence-corrected chi connectivity index (χ4v) is 5.91. The lowest BCUT2D eigenvalue weighted by molar-refractivity contribution is -0.183. The predicted octanol–water partition coefficient (Wildman–Crippen LogP) is 0.619. The summed E-state index contributed by atoms with van der Waals surface area (Å²) in [6.45, 7) is 2.10. The van der Waals surface area contributed by atoms with Gasteiger partial charge in [-0.2, -0.15) is 0 Å². The molecule has 1 fully saturated rings. The highest BCUT2D eigenvalue weighted by Gasteiger charge is 2.68. The average molecular weight is 586 g/mol. The molecule has 13 nitrogen and oxygen atoms in total. The second-order valence-corrected chi connectivity index (χ2v) is 10.7. The van der Waals surface area contributed by atoms with Gasteiger partial charge in [-0.05, 0) is 32.1 Å². The number of esters is 2. The third-order valence-corrected chi connectivity index (χ3v) is 7.86. The van der Waals surface area contributed by atoms with Crippen molar-refractivity contribution >= 4 is 35.2 Å². The number of Topliss-reactive ketones (excluding diaryl/α,β-unsaturated/α-hetero) is 2. The quantitative estimate of drug-likeness (QED) is 0.153. The fourth-order valence-electron chi connectivity index (χ4n) is 5.91. The number of carbonyl (C=O) groups excluding carboxylic acids is 5. The topological polar surface area (TPSA) is 214 Å². The number of phenols is 1. The highest BCUT2D eigenvalue weighted by atomic mass is 16.5. The van der Waals surface area contributed by atoms with Crippen molar-refractivity contribution in [3.63, 3.8) is 0 Å². The summed E-state index contributed by atoms with van der Waals surface area (Å²) in [6.07, 6.45) is 0.493. The Morgan fingerprint density at radius 3 is 2.36 bits per heavy atom. The Morgan fingerprint density at radius 2 is 1.74 bits per heavy atom. The number of rotatable bonds is 9. The number of aliphatic hydroxyl groups excluding tert-OH is 2. The van der Waals surface area contributed by atoms with E-state index >= 15 is 0 Å². The summed E-state index contributed by atoms with van der Waals surface area (Å²) in [6, 6.07) is 2.76. The molecule has 0 saturated heterocycles. The van der Waals surface area contributed by atoms with Crippen LogP contribution in [0.4, 0.5) is 0 Å². The van der Waals surface area contributed by atoms with Crippen LogP contribution in [-0.4, -0.2) is 93.2 Å². The van der Waals surface area contributed by atoms with Crippen molar-refractivity contribution in [1.82, 2.24) is 4.90 Å². The maximum atomic E-state index is 14.0. The van der Waals surface area contributed by atoms with Crippen molar-refractivity contribution in [2.75, 3.05) is 20.7 Å². The van der Waals surface area contributed by atoms with Gasteiger partial charge in [0.05, 0.1) is 37.0 Å². The number of hydrogen-bond acceptors (Lipinski definition) is 12. The van der Waals surface area contributed by atoms with Crippen LogP contribution in [0.2, 0.25) is 0 Å². The molecule has 0 unspecified atom stereocenters. The predicted molar refractivity (Wildman–Crippen MR) is 144 cm³/mol. The van der Waals surface area contributed by atoms with Gasteiger partial charge in [-0.15, -0.1) is 0 Å². The van der Waals surface area contributed by atoms with E-state index in [9.17, 15) is 44.4 Å². The Bertz CT molecular complexity index is 1410. The lowest BCUT2D eigenvalue weighted by Gasteiger charge is -2.53. The Morgan fingerprint density at radius 1 is 1.07 bits per heavy atom. The average Bonchev–Trinajstić information content (AvgIpc) is 2.91. The lowest BCUT2D eigenvalue weighted by Crippen LogP contribution is -2.70. The van der Waals surface area contributed by atoms with E-state index in [1.54, 1.807) is 0 Å². The number of carbonyl (C=O) groups is 5. The number of ketones is 2. The van der Waals surface area contributed by atoms with E-state index in [2.05, 4.69) is 0 Å². The number of amides is 1. The number of nitrogens with zero attached hydrogens (tertiary/aromatic N) is 1. The molecule has 1 saturated carbocycles. The van der Waals surface area contributed by atoms with Crippen LogP contribution in [0.3, 0.4) is 0 Å². The first-order chi connectivity index (χ1) is 19.8. The van der Waals surface area contributed by atoms with E-state index < -0.39 is 93.8 Å². The number of likely N-dealkylation sites (N-methyl/N-ethyl adjacent to an activating group) is 1. The molecule has 4 rings (SSSR count). The Labute approximate surface area is 241 Å². The van der Waals surface area contributed by atoms with Crippen molar-refractivity contribution in [3.8, 4) is 5.75 Å². The van der Waals surface area contributed by atoms with E-state index in [1.807, 2.05) is 6.92 Å². The molecule has 1 radical (unpaired) electrons. The van der Waals surface area contributed by atoms with Gasteiger partial charge in [0.25, 0.3) is 5.91 Å².